The molecule has 0 aliphatic carbocycles. The lowest BCUT2D eigenvalue weighted by atomic mass is 10.0. The molecule has 0 aliphatic heterocycles. The summed E-state index contributed by atoms with van der Waals surface area (Å²) >= 11 is 1.65. The Bertz CT molecular complexity index is 598. The average Bonchev–Trinajstić information content (AvgIpc) is 2.87. The van der Waals surface area contributed by atoms with E-state index in [1.54, 1.807) is 24.5 Å². The normalized spacial score (nSPS) is 12.2. The topological polar surface area (TPSA) is 30.5 Å². The van der Waals surface area contributed by atoms with Gasteiger partial charge >= 0.3 is 0 Å². The van der Waals surface area contributed by atoms with Crippen LogP contribution in [-0.4, -0.2) is 21.3 Å². The van der Waals surface area contributed by atoms with Crippen molar-refractivity contribution in [3.05, 3.63) is 45.4 Å². The molecule has 0 amide bonds. The van der Waals surface area contributed by atoms with Crippen molar-refractivity contribution in [2.75, 3.05) is 21.3 Å². The summed E-state index contributed by atoms with van der Waals surface area (Å²) < 4.78 is 24.7. The molecule has 0 radical (unpaired) electrons. The van der Waals surface area contributed by atoms with E-state index >= 15 is 0 Å². The van der Waals surface area contributed by atoms with Crippen molar-refractivity contribution in [3.8, 4) is 11.5 Å². The second kappa shape index (κ2) is 6.24. The lowest BCUT2D eigenvalue weighted by molar-refractivity contribution is 0.351. The van der Waals surface area contributed by atoms with Crippen LogP contribution in [0.4, 0.5) is 4.39 Å². The van der Waals surface area contributed by atoms with Crippen LogP contribution in [-0.2, 0) is 0 Å². The minimum atomic E-state index is -0.312. The Labute approximate surface area is 122 Å². The van der Waals surface area contributed by atoms with Crippen LogP contribution in [0.2, 0.25) is 0 Å². The van der Waals surface area contributed by atoms with E-state index in [-0.39, 0.29) is 11.9 Å². The maximum atomic E-state index is 14.3. The van der Waals surface area contributed by atoms with Gasteiger partial charge in [-0.2, -0.15) is 0 Å². The number of halogens is 1. The summed E-state index contributed by atoms with van der Waals surface area (Å²) in [6.45, 7) is 2.03. The molecule has 1 heterocycles. The molecule has 2 aromatic rings. The molecule has 1 unspecified atom stereocenters. The summed E-state index contributed by atoms with van der Waals surface area (Å²) in [4.78, 5) is 2.26. The van der Waals surface area contributed by atoms with Gasteiger partial charge in [-0.05, 0) is 32.2 Å². The summed E-state index contributed by atoms with van der Waals surface area (Å²) in [5.74, 6) is 0.608. The van der Waals surface area contributed by atoms with E-state index in [1.807, 2.05) is 26.1 Å². The first-order valence-corrected chi connectivity index (χ1v) is 7.07. The number of aryl methyl sites for hydroxylation is 1. The van der Waals surface area contributed by atoms with Crippen molar-refractivity contribution in [1.29, 1.82) is 0 Å². The number of benzene rings is 1. The zero-order valence-corrected chi connectivity index (χ0v) is 12.8. The van der Waals surface area contributed by atoms with Gasteiger partial charge in [0.25, 0.3) is 0 Å². The Morgan fingerprint density at radius 2 is 1.80 bits per heavy atom. The van der Waals surface area contributed by atoms with E-state index in [1.165, 1.54) is 18.1 Å². The number of hydrogen-bond acceptors (Lipinski definition) is 4. The van der Waals surface area contributed by atoms with Crippen LogP contribution < -0.4 is 14.8 Å². The third-order valence-electron chi connectivity index (χ3n) is 3.15. The summed E-state index contributed by atoms with van der Waals surface area (Å²) in [6.07, 6.45) is 0. The molecule has 5 heteroatoms. The summed E-state index contributed by atoms with van der Waals surface area (Å²) in [7, 11) is 4.86. The number of thiophene rings is 1. The summed E-state index contributed by atoms with van der Waals surface area (Å²) in [6, 6.07) is 6.89. The molecule has 20 heavy (non-hydrogen) atoms. The first-order chi connectivity index (χ1) is 9.60. The molecule has 2 rings (SSSR count). The Morgan fingerprint density at radius 3 is 2.30 bits per heavy atom. The quantitative estimate of drug-likeness (QED) is 0.915. The smallest absolute Gasteiger partial charge is 0.163 e. The van der Waals surface area contributed by atoms with Crippen molar-refractivity contribution < 1.29 is 13.9 Å². The van der Waals surface area contributed by atoms with Gasteiger partial charge in [-0.25, -0.2) is 4.39 Å². The fourth-order valence-electron chi connectivity index (χ4n) is 2.15. The maximum absolute atomic E-state index is 14.3. The molecule has 0 saturated carbocycles. The van der Waals surface area contributed by atoms with Crippen LogP contribution in [0.25, 0.3) is 0 Å². The summed E-state index contributed by atoms with van der Waals surface area (Å²) in [5.41, 5.74) is 0.548. The molecule has 0 spiro atoms. The van der Waals surface area contributed by atoms with Crippen molar-refractivity contribution in [3.63, 3.8) is 0 Å². The molecular formula is C15H18FNO2S. The number of nitrogens with one attached hydrogen (secondary N) is 1. The van der Waals surface area contributed by atoms with Gasteiger partial charge in [-0.15, -0.1) is 11.3 Å². The highest BCUT2D eigenvalue weighted by Crippen LogP contribution is 2.36. The van der Waals surface area contributed by atoms with Gasteiger partial charge in [-0.1, -0.05) is 0 Å². The molecule has 1 atom stereocenters. The fourth-order valence-corrected chi connectivity index (χ4v) is 3.16. The van der Waals surface area contributed by atoms with Gasteiger partial charge in [0.15, 0.2) is 11.5 Å². The molecule has 0 aliphatic rings. The van der Waals surface area contributed by atoms with E-state index in [9.17, 15) is 4.39 Å². The van der Waals surface area contributed by atoms with Crippen LogP contribution in [0.3, 0.4) is 0 Å². The Morgan fingerprint density at radius 1 is 1.15 bits per heavy atom. The predicted molar refractivity (Wildman–Crippen MR) is 79.5 cm³/mol. The molecule has 0 fully saturated rings. The highest BCUT2D eigenvalue weighted by Gasteiger charge is 2.20. The minimum absolute atomic E-state index is 0.200. The van der Waals surface area contributed by atoms with Gasteiger partial charge < -0.3 is 14.8 Å². The van der Waals surface area contributed by atoms with E-state index in [2.05, 4.69) is 5.32 Å². The molecular weight excluding hydrogens is 277 g/mol. The first kappa shape index (κ1) is 14.8. The van der Waals surface area contributed by atoms with Crippen molar-refractivity contribution >= 4 is 11.3 Å². The molecule has 108 valence electrons. The van der Waals surface area contributed by atoms with Crippen LogP contribution in [0.1, 0.15) is 21.4 Å². The number of methoxy groups -OCH3 is 2. The van der Waals surface area contributed by atoms with E-state index < -0.39 is 0 Å². The van der Waals surface area contributed by atoms with Crippen LogP contribution >= 0.6 is 11.3 Å². The van der Waals surface area contributed by atoms with Crippen LogP contribution in [0, 0.1) is 12.7 Å². The largest absolute Gasteiger partial charge is 0.493 e. The molecule has 1 N–H and O–H groups in total. The Kier molecular flexibility index (Phi) is 4.62. The standard InChI is InChI=1S/C15H18FNO2S/c1-9-5-6-14(20-9)15(17-2)10-7-12(18-3)13(19-4)8-11(10)16/h5-8,15,17H,1-4H3. The first-order valence-electron chi connectivity index (χ1n) is 6.25. The average molecular weight is 295 g/mol. The van der Waals surface area contributed by atoms with Gasteiger partial charge in [0, 0.05) is 21.4 Å². The fraction of sp³-hybridized carbons (Fsp3) is 0.333. The molecule has 0 bridgehead atoms. The van der Waals surface area contributed by atoms with Crippen LogP contribution in [0.15, 0.2) is 24.3 Å². The van der Waals surface area contributed by atoms with Gasteiger partial charge in [0.1, 0.15) is 5.82 Å². The monoisotopic (exact) mass is 295 g/mol. The number of rotatable bonds is 5. The van der Waals surface area contributed by atoms with E-state index in [0.717, 1.165) is 4.88 Å². The highest BCUT2D eigenvalue weighted by atomic mass is 32.1. The number of hydrogen-bond donors (Lipinski definition) is 1. The maximum Gasteiger partial charge on any atom is 0.163 e. The molecule has 1 aromatic carbocycles. The highest BCUT2D eigenvalue weighted by molar-refractivity contribution is 7.12. The zero-order valence-electron chi connectivity index (χ0n) is 12.0. The van der Waals surface area contributed by atoms with Gasteiger partial charge in [0.2, 0.25) is 0 Å². The Hall–Kier alpha value is -1.59. The Balaban J connectivity index is 2.49. The third kappa shape index (κ3) is 2.78. The third-order valence-corrected chi connectivity index (χ3v) is 4.21. The lowest BCUT2D eigenvalue weighted by Crippen LogP contribution is -2.18. The second-order valence-electron chi connectivity index (χ2n) is 4.40. The zero-order chi connectivity index (χ0) is 14.7. The molecule has 1 aromatic heterocycles. The molecule has 0 saturated heterocycles. The molecule has 3 nitrogen and oxygen atoms in total. The SMILES string of the molecule is CNC(c1ccc(C)s1)c1cc(OC)c(OC)cc1F. The van der Waals surface area contributed by atoms with E-state index in [0.29, 0.717) is 17.1 Å². The van der Waals surface area contributed by atoms with E-state index in [4.69, 9.17) is 9.47 Å². The van der Waals surface area contributed by atoms with Gasteiger partial charge in [-0.3, -0.25) is 0 Å². The second-order valence-corrected chi connectivity index (χ2v) is 5.72. The predicted octanol–water partition coefficient (Wildman–Crippen LogP) is 3.52. The number of ether oxygens (including phenoxy) is 2. The van der Waals surface area contributed by atoms with Crippen molar-refractivity contribution in [2.45, 2.75) is 13.0 Å². The van der Waals surface area contributed by atoms with Gasteiger partial charge in [0.05, 0.1) is 20.3 Å². The lowest BCUT2D eigenvalue weighted by Gasteiger charge is -2.18. The minimum Gasteiger partial charge on any atom is -0.493 e. The van der Waals surface area contributed by atoms with Crippen molar-refractivity contribution in [2.24, 2.45) is 0 Å². The van der Waals surface area contributed by atoms with Crippen LogP contribution in [0.5, 0.6) is 11.5 Å². The van der Waals surface area contributed by atoms with Crippen molar-refractivity contribution in [1.82, 2.24) is 5.32 Å². The summed E-state index contributed by atoms with van der Waals surface area (Å²) in [5, 5.41) is 3.15.